The number of rotatable bonds is 6. The Hall–Kier alpha value is -3.15. The standard InChI is InChI=1S/C22H24N4O2/c1-2-5-16-7-9-19(10-8-16)26-14-17(12-21(26)27)22(28)23-13-18-15-25-11-4-3-6-20(25)24-18/h3-4,6-11,15,17H,2,5,12-14H2,1H3,(H,23,28). The fraction of sp³-hybridized carbons (Fsp3) is 0.318. The lowest BCUT2D eigenvalue weighted by Crippen LogP contribution is -2.32. The molecular weight excluding hydrogens is 352 g/mol. The zero-order chi connectivity index (χ0) is 19.5. The lowest BCUT2D eigenvalue weighted by molar-refractivity contribution is -0.126. The van der Waals surface area contributed by atoms with Crippen molar-refractivity contribution in [2.24, 2.45) is 5.92 Å². The van der Waals surface area contributed by atoms with Crippen LogP contribution in [0.25, 0.3) is 5.65 Å². The van der Waals surface area contributed by atoms with Gasteiger partial charge in [0.25, 0.3) is 0 Å². The summed E-state index contributed by atoms with van der Waals surface area (Å²) in [7, 11) is 0. The van der Waals surface area contributed by atoms with E-state index in [9.17, 15) is 9.59 Å². The minimum Gasteiger partial charge on any atom is -0.350 e. The summed E-state index contributed by atoms with van der Waals surface area (Å²) in [4.78, 5) is 31.2. The molecule has 6 nitrogen and oxygen atoms in total. The van der Waals surface area contributed by atoms with Crippen molar-refractivity contribution >= 4 is 23.1 Å². The summed E-state index contributed by atoms with van der Waals surface area (Å²) in [6, 6.07) is 13.8. The largest absolute Gasteiger partial charge is 0.350 e. The number of nitrogens with zero attached hydrogens (tertiary/aromatic N) is 3. The van der Waals surface area contributed by atoms with Crippen LogP contribution in [0.3, 0.4) is 0 Å². The summed E-state index contributed by atoms with van der Waals surface area (Å²) in [5.74, 6) is -0.438. The number of anilines is 1. The molecule has 1 aliphatic heterocycles. The molecule has 1 saturated heterocycles. The second-order valence-corrected chi connectivity index (χ2v) is 7.24. The van der Waals surface area contributed by atoms with Crippen molar-refractivity contribution in [2.45, 2.75) is 32.7 Å². The van der Waals surface area contributed by atoms with E-state index in [-0.39, 0.29) is 24.2 Å². The Balaban J connectivity index is 1.36. The number of fused-ring (bicyclic) bond motifs is 1. The molecule has 2 aromatic heterocycles. The number of aryl methyl sites for hydroxylation is 1. The molecule has 144 valence electrons. The van der Waals surface area contributed by atoms with E-state index in [1.54, 1.807) is 4.90 Å². The highest BCUT2D eigenvalue weighted by Crippen LogP contribution is 2.26. The lowest BCUT2D eigenvalue weighted by Gasteiger charge is -2.17. The van der Waals surface area contributed by atoms with Crippen LogP contribution in [0.1, 0.15) is 31.0 Å². The van der Waals surface area contributed by atoms with Crippen LogP contribution in [-0.2, 0) is 22.6 Å². The van der Waals surface area contributed by atoms with E-state index in [2.05, 4.69) is 29.4 Å². The van der Waals surface area contributed by atoms with E-state index in [1.165, 1.54) is 5.56 Å². The Morgan fingerprint density at radius 1 is 1.21 bits per heavy atom. The predicted octanol–water partition coefficient (Wildman–Crippen LogP) is 2.96. The molecular formula is C22H24N4O2. The van der Waals surface area contributed by atoms with Gasteiger partial charge in [0.1, 0.15) is 5.65 Å². The van der Waals surface area contributed by atoms with E-state index in [0.29, 0.717) is 13.1 Å². The van der Waals surface area contributed by atoms with Gasteiger partial charge in [0, 0.05) is 31.0 Å². The Bertz CT molecular complexity index is 960. The number of aromatic nitrogens is 2. The third-order valence-electron chi connectivity index (χ3n) is 5.14. The first kappa shape index (κ1) is 18.2. The van der Waals surface area contributed by atoms with Crippen LogP contribution in [0.4, 0.5) is 5.69 Å². The zero-order valence-corrected chi connectivity index (χ0v) is 16.0. The van der Waals surface area contributed by atoms with Crippen molar-refractivity contribution in [3.63, 3.8) is 0 Å². The molecule has 4 rings (SSSR count). The third-order valence-corrected chi connectivity index (χ3v) is 5.14. The second kappa shape index (κ2) is 7.84. The van der Waals surface area contributed by atoms with Gasteiger partial charge in [0.2, 0.25) is 11.8 Å². The fourth-order valence-corrected chi connectivity index (χ4v) is 3.66. The number of amides is 2. The minimum absolute atomic E-state index is 0.00359. The third kappa shape index (κ3) is 3.76. The van der Waals surface area contributed by atoms with Gasteiger partial charge in [-0.3, -0.25) is 9.59 Å². The van der Waals surface area contributed by atoms with Crippen molar-refractivity contribution in [2.75, 3.05) is 11.4 Å². The van der Waals surface area contributed by atoms with Gasteiger partial charge >= 0.3 is 0 Å². The summed E-state index contributed by atoms with van der Waals surface area (Å²) in [5.41, 5.74) is 3.77. The maximum atomic E-state index is 12.6. The highest BCUT2D eigenvalue weighted by atomic mass is 16.2. The highest BCUT2D eigenvalue weighted by molar-refractivity contribution is 6.00. The van der Waals surface area contributed by atoms with Gasteiger partial charge in [0.15, 0.2) is 0 Å². The molecule has 0 saturated carbocycles. The van der Waals surface area contributed by atoms with E-state index >= 15 is 0 Å². The van der Waals surface area contributed by atoms with Gasteiger partial charge in [-0.25, -0.2) is 4.98 Å². The van der Waals surface area contributed by atoms with Crippen LogP contribution >= 0.6 is 0 Å². The summed E-state index contributed by atoms with van der Waals surface area (Å²) in [6.07, 6.45) is 6.19. The van der Waals surface area contributed by atoms with Crippen LogP contribution in [0.5, 0.6) is 0 Å². The Morgan fingerprint density at radius 3 is 2.79 bits per heavy atom. The first-order valence-corrected chi connectivity index (χ1v) is 9.73. The van der Waals surface area contributed by atoms with E-state index in [4.69, 9.17) is 0 Å². The average Bonchev–Trinajstić information content (AvgIpc) is 3.30. The minimum atomic E-state index is -0.333. The van der Waals surface area contributed by atoms with Crippen LogP contribution in [0.15, 0.2) is 54.9 Å². The monoisotopic (exact) mass is 376 g/mol. The van der Waals surface area contributed by atoms with Crippen molar-refractivity contribution in [1.82, 2.24) is 14.7 Å². The van der Waals surface area contributed by atoms with Gasteiger partial charge in [-0.1, -0.05) is 31.5 Å². The van der Waals surface area contributed by atoms with Crippen LogP contribution in [0, 0.1) is 5.92 Å². The van der Waals surface area contributed by atoms with E-state index in [1.807, 2.05) is 47.1 Å². The lowest BCUT2D eigenvalue weighted by atomic mass is 10.1. The van der Waals surface area contributed by atoms with Gasteiger partial charge < -0.3 is 14.6 Å². The second-order valence-electron chi connectivity index (χ2n) is 7.24. The Kier molecular flexibility index (Phi) is 5.10. The number of hydrogen-bond acceptors (Lipinski definition) is 3. The SMILES string of the molecule is CCCc1ccc(N2CC(C(=O)NCc3cn4ccccc4n3)CC2=O)cc1. The normalized spacial score (nSPS) is 16.7. The van der Waals surface area contributed by atoms with E-state index in [0.717, 1.165) is 29.9 Å². The molecule has 1 atom stereocenters. The number of imidazole rings is 1. The first-order chi connectivity index (χ1) is 13.6. The maximum absolute atomic E-state index is 12.6. The number of carbonyl (C=O) groups excluding carboxylic acids is 2. The smallest absolute Gasteiger partial charge is 0.227 e. The summed E-state index contributed by atoms with van der Waals surface area (Å²) in [5, 5.41) is 2.93. The quantitative estimate of drug-likeness (QED) is 0.719. The maximum Gasteiger partial charge on any atom is 0.227 e. The summed E-state index contributed by atoms with van der Waals surface area (Å²) < 4.78 is 1.92. The van der Waals surface area contributed by atoms with Crippen molar-refractivity contribution < 1.29 is 9.59 Å². The van der Waals surface area contributed by atoms with Gasteiger partial charge in [-0.05, 0) is 36.2 Å². The molecule has 1 aliphatic rings. The molecule has 1 N–H and O–H groups in total. The van der Waals surface area contributed by atoms with Gasteiger partial charge in [-0.2, -0.15) is 0 Å². The fourth-order valence-electron chi connectivity index (χ4n) is 3.66. The molecule has 28 heavy (non-hydrogen) atoms. The molecule has 2 amide bonds. The Labute approximate surface area is 164 Å². The predicted molar refractivity (Wildman–Crippen MR) is 108 cm³/mol. The summed E-state index contributed by atoms with van der Waals surface area (Å²) >= 11 is 0. The highest BCUT2D eigenvalue weighted by Gasteiger charge is 2.35. The Morgan fingerprint density at radius 2 is 2.04 bits per heavy atom. The van der Waals surface area contributed by atoms with Crippen LogP contribution in [-0.4, -0.2) is 27.7 Å². The molecule has 1 aromatic carbocycles. The molecule has 6 heteroatoms. The van der Waals surface area contributed by atoms with Crippen molar-refractivity contribution in [3.05, 3.63) is 66.1 Å². The molecule has 1 fully saturated rings. The topological polar surface area (TPSA) is 66.7 Å². The molecule has 3 heterocycles. The van der Waals surface area contributed by atoms with Gasteiger partial charge in [-0.15, -0.1) is 0 Å². The molecule has 0 spiro atoms. The number of nitrogens with one attached hydrogen (secondary N) is 1. The number of benzene rings is 1. The molecule has 0 bridgehead atoms. The number of hydrogen-bond donors (Lipinski definition) is 1. The number of carbonyl (C=O) groups is 2. The molecule has 0 aliphatic carbocycles. The van der Waals surface area contributed by atoms with Crippen LogP contribution in [0.2, 0.25) is 0 Å². The zero-order valence-electron chi connectivity index (χ0n) is 16.0. The number of pyridine rings is 1. The molecule has 3 aromatic rings. The van der Waals surface area contributed by atoms with Crippen LogP contribution < -0.4 is 10.2 Å². The first-order valence-electron chi connectivity index (χ1n) is 9.73. The molecule has 1 unspecified atom stereocenters. The van der Waals surface area contributed by atoms with Gasteiger partial charge in [0.05, 0.1) is 18.2 Å². The van der Waals surface area contributed by atoms with Crippen molar-refractivity contribution in [1.29, 1.82) is 0 Å². The van der Waals surface area contributed by atoms with E-state index < -0.39 is 0 Å². The molecule has 0 radical (unpaired) electrons. The average molecular weight is 376 g/mol. The summed E-state index contributed by atoms with van der Waals surface area (Å²) in [6.45, 7) is 2.92. The van der Waals surface area contributed by atoms with Crippen molar-refractivity contribution in [3.8, 4) is 0 Å².